The molecule has 4 rings (SSSR count). The van der Waals surface area contributed by atoms with E-state index in [1.165, 1.54) is 0 Å². The fraction of sp³-hybridized carbons (Fsp3) is 0.250. The minimum atomic E-state index is -1.08. The lowest BCUT2D eigenvalue weighted by Gasteiger charge is -2.41. The van der Waals surface area contributed by atoms with Crippen LogP contribution in [0, 0.1) is 0 Å². The normalized spacial score (nSPS) is 21.1. The molecule has 8 heteroatoms. The average molecular weight is 377 g/mol. The van der Waals surface area contributed by atoms with Gasteiger partial charge in [-0.2, -0.15) is 9.98 Å². The molecule has 1 unspecified atom stereocenters. The number of allylic oxidation sites excluding steroid dienone is 2. The number of amides is 2. The smallest absolute Gasteiger partial charge is 0.250 e. The highest BCUT2D eigenvalue weighted by Gasteiger charge is 2.45. The van der Waals surface area contributed by atoms with E-state index in [-0.39, 0.29) is 30.7 Å². The lowest BCUT2D eigenvalue weighted by Crippen LogP contribution is -2.59. The van der Waals surface area contributed by atoms with E-state index >= 15 is 0 Å². The predicted molar refractivity (Wildman–Crippen MR) is 102 cm³/mol. The first-order valence-electron chi connectivity index (χ1n) is 8.89. The molecule has 2 aliphatic heterocycles. The van der Waals surface area contributed by atoms with Crippen LogP contribution in [0.5, 0.6) is 0 Å². The van der Waals surface area contributed by atoms with E-state index in [2.05, 4.69) is 20.4 Å². The Kier molecular flexibility index (Phi) is 4.38. The minimum absolute atomic E-state index is 0.0152. The first-order chi connectivity index (χ1) is 13.5. The molecule has 1 N–H and O–H groups in total. The number of aliphatic imine (C=N–C) groups is 1. The zero-order valence-electron chi connectivity index (χ0n) is 15.5. The maximum Gasteiger partial charge on any atom is 0.250 e. The molecular formula is C20H19N5O3. The largest absolute Gasteiger partial charge is 0.345 e. The standard InChI is InChI=1S/C20H19N5O3/c1-13-8-9-25-15(10-13)22-16(26)11-20(25,2)19(27)21-12-17-23-18(24-28-17)14-6-4-3-5-7-14/h3-10H,11-12H2,1-2H3,(H,21,27). The number of aromatic nitrogens is 2. The molecule has 28 heavy (non-hydrogen) atoms. The summed E-state index contributed by atoms with van der Waals surface area (Å²) < 4.78 is 5.23. The van der Waals surface area contributed by atoms with Crippen LogP contribution >= 0.6 is 0 Å². The van der Waals surface area contributed by atoms with Crippen LogP contribution in [-0.4, -0.2) is 38.2 Å². The van der Waals surface area contributed by atoms with Crippen LogP contribution in [0.2, 0.25) is 0 Å². The van der Waals surface area contributed by atoms with Gasteiger partial charge in [-0.05, 0) is 31.6 Å². The fourth-order valence-electron chi connectivity index (χ4n) is 3.21. The van der Waals surface area contributed by atoms with E-state index in [4.69, 9.17) is 4.52 Å². The van der Waals surface area contributed by atoms with Crippen molar-refractivity contribution < 1.29 is 14.1 Å². The summed E-state index contributed by atoms with van der Waals surface area (Å²) in [4.78, 5) is 35.1. The summed E-state index contributed by atoms with van der Waals surface area (Å²) in [5.74, 6) is 0.574. The summed E-state index contributed by atoms with van der Waals surface area (Å²) in [5, 5.41) is 6.74. The van der Waals surface area contributed by atoms with Crippen molar-refractivity contribution in [2.75, 3.05) is 0 Å². The summed E-state index contributed by atoms with van der Waals surface area (Å²) in [7, 11) is 0. The van der Waals surface area contributed by atoms with E-state index in [0.29, 0.717) is 11.7 Å². The van der Waals surface area contributed by atoms with Crippen LogP contribution in [0.4, 0.5) is 0 Å². The molecule has 1 aromatic carbocycles. The molecule has 0 saturated carbocycles. The number of carbonyl (C=O) groups excluding carboxylic acids is 2. The molecule has 1 aromatic heterocycles. The van der Waals surface area contributed by atoms with Gasteiger partial charge in [0.25, 0.3) is 5.91 Å². The lowest BCUT2D eigenvalue weighted by molar-refractivity contribution is -0.134. The van der Waals surface area contributed by atoms with Gasteiger partial charge in [0.1, 0.15) is 11.4 Å². The summed E-state index contributed by atoms with van der Waals surface area (Å²) in [6, 6.07) is 9.42. The number of nitrogens with zero attached hydrogens (tertiary/aromatic N) is 4. The van der Waals surface area contributed by atoms with E-state index in [1.807, 2.05) is 43.3 Å². The second-order valence-electron chi connectivity index (χ2n) is 6.95. The average Bonchev–Trinajstić information content (AvgIpc) is 3.15. The van der Waals surface area contributed by atoms with Gasteiger partial charge in [0, 0.05) is 11.8 Å². The second-order valence-corrected chi connectivity index (χ2v) is 6.95. The summed E-state index contributed by atoms with van der Waals surface area (Å²) in [6.07, 6.45) is 5.43. The number of benzene rings is 1. The number of carbonyl (C=O) groups is 2. The lowest BCUT2D eigenvalue weighted by atomic mass is 9.90. The third-order valence-corrected chi connectivity index (χ3v) is 4.75. The number of hydrogen-bond acceptors (Lipinski definition) is 6. The first-order valence-corrected chi connectivity index (χ1v) is 8.89. The van der Waals surface area contributed by atoms with Crippen molar-refractivity contribution >= 4 is 17.6 Å². The molecule has 2 aromatic rings. The zero-order valence-corrected chi connectivity index (χ0v) is 15.5. The Balaban J connectivity index is 1.48. The Morgan fingerprint density at radius 3 is 2.89 bits per heavy atom. The molecule has 142 valence electrons. The molecule has 2 amide bonds. The Labute approximate surface area is 161 Å². The van der Waals surface area contributed by atoms with E-state index < -0.39 is 5.54 Å². The van der Waals surface area contributed by atoms with Gasteiger partial charge in [-0.1, -0.05) is 35.5 Å². The molecule has 0 fully saturated rings. The van der Waals surface area contributed by atoms with Crippen molar-refractivity contribution in [1.29, 1.82) is 0 Å². The number of amidine groups is 1. The third kappa shape index (κ3) is 3.24. The molecule has 1 atom stereocenters. The van der Waals surface area contributed by atoms with Crippen LogP contribution in [0.25, 0.3) is 11.4 Å². The van der Waals surface area contributed by atoms with Gasteiger partial charge in [-0.25, -0.2) is 0 Å². The fourth-order valence-corrected chi connectivity index (χ4v) is 3.21. The number of fused-ring (bicyclic) bond motifs is 1. The van der Waals surface area contributed by atoms with Gasteiger partial charge in [0.15, 0.2) is 0 Å². The van der Waals surface area contributed by atoms with E-state index in [9.17, 15) is 9.59 Å². The number of hydrogen-bond donors (Lipinski definition) is 1. The first kappa shape index (κ1) is 17.8. The van der Waals surface area contributed by atoms with Crippen molar-refractivity contribution in [2.45, 2.75) is 32.4 Å². The molecule has 0 radical (unpaired) electrons. The van der Waals surface area contributed by atoms with Crippen molar-refractivity contribution in [3.05, 3.63) is 60.1 Å². The quantitative estimate of drug-likeness (QED) is 0.877. The van der Waals surface area contributed by atoms with Crippen molar-refractivity contribution in [3.63, 3.8) is 0 Å². The minimum Gasteiger partial charge on any atom is -0.345 e. The van der Waals surface area contributed by atoms with Gasteiger partial charge in [-0.15, -0.1) is 0 Å². The highest BCUT2D eigenvalue weighted by atomic mass is 16.5. The van der Waals surface area contributed by atoms with Crippen molar-refractivity contribution in [3.8, 4) is 11.4 Å². The summed E-state index contributed by atoms with van der Waals surface area (Å²) in [6.45, 7) is 3.70. The Morgan fingerprint density at radius 1 is 1.32 bits per heavy atom. The molecule has 0 bridgehead atoms. The molecular weight excluding hydrogens is 358 g/mol. The SMILES string of the molecule is CC1=CC2=NC(=O)CC(C)(C(=O)NCc3nc(-c4ccccc4)no3)N2C=C1. The number of nitrogens with one attached hydrogen (secondary N) is 1. The maximum atomic E-state index is 12.9. The van der Waals surface area contributed by atoms with Crippen LogP contribution in [-0.2, 0) is 16.1 Å². The van der Waals surface area contributed by atoms with E-state index in [1.54, 1.807) is 24.1 Å². The molecule has 0 aliphatic carbocycles. The van der Waals surface area contributed by atoms with Gasteiger partial charge < -0.3 is 14.7 Å². The topological polar surface area (TPSA) is 101 Å². The highest BCUT2D eigenvalue weighted by Crippen LogP contribution is 2.29. The predicted octanol–water partition coefficient (Wildman–Crippen LogP) is 2.22. The zero-order chi connectivity index (χ0) is 19.7. The van der Waals surface area contributed by atoms with Gasteiger partial charge >= 0.3 is 0 Å². The van der Waals surface area contributed by atoms with E-state index in [0.717, 1.165) is 11.1 Å². The van der Waals surface area contributed by atoms with Crippen LogP contribution in [0.15, 0.2) is 63.8 Å². The van der Waals surface area contributed by atoms with Gasteiger partial charge in [-0.3, -0.25) is 9.59 Å². The molecule has 3 heterocycles. The maximum absolute atomic E-state index is 12.9. The third-order valence-electron chi connectivity index (χ3n) is 4.75. The summed E-state index contributed by atoms with van der Waals surface area (Å²) in [5.41, 5.74) is 0.714. The summed E-state index contributed by atoms with van der Waals surface area (Å²) >= 11 is 0. The Morgan fingerprint density at radius 2 is 2.11 bits per heavy atom. The second kappa shape index (κ2) is 6.88. The van der Waals surface area contributed by atoms with Gasteiger partial charge in [0.05, 0.1) is 13.0 Å². The Hall–Kier alpha value is -3.55. The molecule has 8 nitrogen and oxygen atoms in total. The highest BCUT2D eigenvalue weighted by molar-refractivity contribution is 6.09. The monoisotopic (exact) mass is 377 g/mol. The molecule has 2 aliphatic rings. The van der Waals surface area contributed by atoms with Crippen LogP contribution in [0.1, 0.15) is 26.2 Å². The van der Waals surface area contributed by atoms with Crippen molar-refractivity contribution in [2.24, 2.45) is 4.99 Å². The Bertz CT molecular complexity index is 1020. The van der Waals surface area contributed by atoms with Crippen molar-refractivity contribution in [1.82, 2.24) is 20.4 Å². The molecule has 0 spiro atoms. The number of rotatable bonds is 4. The van der Waals surface area contributed by atoms with Crippen LogP contribution in [0.3, 0.4) is 0 Å². The van der Waals surface area contributed by atoms with Crippen LogP contribution < -0.4 is 5.32 Å². The molecule has 0 saturated heterocycles. The van der Waals surface area contributed by atoms with Gasteiger partial charge in [0.2, 0.25) is 17.6 Å².